The lowest BCUT2D eigenvalue weighted by atomic mass is 10.1. The van der Waals surface area contributed by atoms with Crippen molar-refractivity contribution >= 4 is 15.9 Å². The van der Waals surface area contributed by atoms with Crippen LogP contribution >= 0.6 is 15.9 Å². The molecule has 16 heavy (non-hydrogen) atoms. The van der Waals surface area contributed by atoms with Crippen molar-refractivity contribution in [2.75, 3.05) is 13.7 Å². The molecule has 0 saturated carbocycles. The first kappa shape index (κ1) is 13.5. The van der Waals surface area contributed by atoms with Gasteiger partial charge in [0, 0.05) is 17.1 Å². The molecular formula is C12H17BrO3. The van der Waals surface area contributed by atoms with Gasteiger partial charge in [0.25, 0.3) is 0 Å². The summed E-state index contributed by atoms with van der Waals surface area (Å²) in [6.07, 6.45) is -0.512. The first-order chi connectivity index (χ1) is 7.54. The van der Waals surface area contributed by atoms with E-state index < -0.39 is 6.10 Å². The number of hydrogen-bond acceptors (Lipinski definition) is 3. The van der Waals surface area contributed by atoms with Crippen LogP contribution in [0.15, 0.2) is 22.7 Å². The Morgan fingerprint density at radius 1 is 1.38 bits per heavy atom. The highest BCUT2D eigenvalue weighted by Gasteiger charge is 2.10. The van der Waals surface area contributed by atoms with E-state index in [9.17, 15) is 5.11 Å². The maximum Gasteiger partial charge on any atom is 0.126 e. The van der Waals surface area contributed by atoms with Gasteiger partial charge in [-0.05, 0) is 26.0 Å². The van der Waals surface area contributed by atoms with E-state index in [2.05, 4.69) is 15.9 Å². The minimum absolute atomic E-state index is 0.0285. The van der Waals surface area contributed by atoms with Crippen molar-refractivity contribution in [3.63, 3.8) is 0 Å². The SMILES string of the molecule is COC(C)COc1cc(Br)ccc1C(C)O. The number of halogens is 1. The van der Waals surface area contributed by atoms with E-state index in [0.29, 0.717) is 12.4 Å². The smallest absolute Gasteiger partial charge is 0.126 e. The molecule has 0 fully saturated rings. The fourth-order valence-electron chi connectivity index (χ4n) is 1.25. The highest BCUT2D eigenvalue weighted by molar-refractivity contribution is 9.10. The molecule has 0 aromatic heterocycles. The van der Waals surface area contributed by atoms with Gasteiger partial charge in [-0.25, -0.2) is 0 Å². The molecule has 1 aromatic carbocycles. The van der Waals surface area contributed by atoms with Crippen LogP contribution in [0.1, 0.15) is 25.5 Å². The lowest BCUT2D eigenvalue weighted by molar-refractivity contribution is 0.0699. The van der Waals surface area contributed by atoms with Crippen molar-refractivity contribution in [3.8, 4) is 5.75 Å². The van der Waals surface area contributed by atoms with Gasteiger partial charge in [0.05, 0.1) is 12.2 Å². The van der Waals surface area contributed by atoms with Gasteiger partial charge in [0.15, 0.2) is 0 Å². The van der Waals surface area contributed by atoms with Gasteiger partial charge in [0.1, 0.15) is 12.4 Å². The van der Waals surface area contributed by atoms with Crippen LogP contribution in [0, 0.1) is 0 Å². The molecule has 0 bridgehead atoms. The Morgan fingerprint density at radius 3 is 2.62 bits per heavy atom. The number of hydrogen-bond donors (Lipinski definition) is 1. The number of aliphatic hydroxyl groups excluding tert-OH is 1. The number of benzene rings is 1. The summed E-state index contributed by atoms with van der Waals surface area (Å²) in [5, 5.41) is 9.59. The quantitative estimate of drug-likeness (QED) is 0.905. The van der Waals surface area contributed by atoms with E-state index in [1.807, 2.05) is 25.1 Å². The average molecular weight is 289 g/mol. The molecule has 0 aliphatic carbocycles. The van der Waals surface area contributed by atoms with Gasteiger partial charge in [-0.3, -0.25) is 0 Å². The van der Waals surface area contributed by atoms with Gasteiger partial charge in [-0.2, -0.15) is 0 Å². The molecule has 1 rings (SSSR count). The molecular weight excluding hydrogens is 272 g/mol. The molecule has 0 saturated heterocycles. The van der Waals surface area contributed by atoms with Crippen molar-refractivity contribution < 1.29 is 14.6 Å². The van der Waals surface area contributed by atoms with E-state index in [-0.39, 0.29) is 6.10 Å². The first-order valence-electron chi connectivity index (χ1n) is 5.17. The van der Waals surface area contributed by atoms with Gasteiger partial charge >= 0.3 is 0 Å². The first-order valence-corrected chi connectivity index (χ1v) is 5.97. The molecule has 90 valence electrons. The number of methoxy groups -OCH3 is 1. The zero-order chi connectivity index (χ0) is 12.1. The third-order valence-corrected chi connectivity index (χ3v) is 2.79. The van der Waals surface area contributed by atoms with E-state index in [0.717, 1.165) is 10.0 Å². The van der Waals surface area contributed by atoms with Gasteiger partial charge in [-0.15, -0.1) is 0 Å². The van der Waals surface area contributed by atoms with Crippen LogP contribution in [0.4, 0.5) is 0 Å². The van der Waals surface area contributed by atoms with E-state index in [1.165, 1.54) is 0 Å². The molecule has 0 radical (unpaired) electrons. The molecule has 0 heterocycles. The summed E-state index contributed by atoms with van der Waals surface area (Å²) in [6.45, 7) is 4.11. The molecule has 1 N–H and O–H groups in total. The van der Waals surface area contributed by atoms with Crippen molar-refractivity contribution in [2.24, 2.45) is 0 Å². The maximum atomic E-state index is 9.59. The fourth-order valence-corrected chi connectivity index (χ4v) is 1.59. The standard InChI is InChI=1S/C12H17BrO3/c1-8(15-3)7-16-12-6-10(13)4-5-11(12)9(2)14/h4-6,8-9,14H,7H2,1-3H3. The third kappa shape index (κ3) is 3.77. The van der Waals surface area contributed by atoms with Gasteiger partial charge < -0.3 is 14.6 Å². The van der Waals surface area contributed by atoms with Crippen molar-refractivity contribution in [1.82, 2.24) is 0 Å². The Kier molecular flexibility index (Phi) is 5.25. The summed E-state index contributed by atoms with van der Waals surface area (Å²) in [6, 6.07) is 5.58. The molecule has 2 unspecified atom stereocenters. The molecule has 0 aliphatic heterocycles. The largest absolute Gasteiger partial charge is 0.490 e. The van der Waals surface area contributed by atoms with Crippen LogP contribution in [0.2, 0.25) is 0 Å². The fraction of sp³-hybridized carbons (Fsp3) is 0.500. The number of aliphatic hydroxyl groups is 1. The molecule has 0 spiro atoms. The Bertz CT molecular complexity index is 339. The molecule has 0 amide bonds. The Hall–Kier alpha value is -0.580. The zero-order valence-electron chi connectivity index (χ0n) is 9.74. The van der Waals surface area contributed by atoms with E-state index in [1.54, 1.807) is 14.0 Å². The summed E-state index contributed by atoms with van der Waals surface area (Å²) in [5.41, 5.74) is 0.784. The maximum absolute atomic E-state index is 9.59. The average Bonchev–Trinajstić information content (AvgIpc) is 2.25. The van der Waals surface area contributed by atoms with Crippen LogP contribution < -0.4 is 4.74 Å². The number of ether oxygens (including phenoxy) is 2. The van der Waals surface area contributed by atoms with Crippen molar-refractivity contribution in [3.05, 3.63) is 28.2 Å². The normalized spacial score (nSPS) is 14.6. The zero-order valence-corrected chi connectivity index (χ0v) is 11.3. The minimum Gasteiger partial charge on any atom is -0.490 e. The number of rotatable bonds is 5. The minimum atomic E-state index is -0.541. The lowest BCUT2D eigenvalue weighted by Crippen LogP contribution is -2.16. The van der Waals surface area contributed by atoms with Crippen LogP contribution in [-0.2, 0) is 4.74 Å². The van der Waals surface area contributed by atoms with Crippen LogP contribution in [0.5, 0.6) is 5.75 Å². The summed E-state index contributed by atoms with van der Waals surface area (Å²) in [4.78, 5) is 0. The topological polar surface area (TPSA) is 38.7 Å². The predicted octanol–water partition coefficient (Wildman–Crippen LogP) is 2.92. The summed E-state index contributed by atoms with van der Waals surface area (Å²) in [5.74, 6) is 0.688. The monoisotopic (exact) mass is 288 g/mol. The summed E-state index contributed by atoms with van der Waals surface area (Å²) in [7, 11) is 1.64. The molecule has 4 heteroatoms. The predicted molar refractivity (Wildman–Crippen MR) is 66.7 cm³/mol. The lowest BCUT2D eigenvalue weighted by Gasteiger charge is -2.16. The van der Waals surface area contributed by atoms with Crippen LogP contribution in [0.25, 0.3) is 0 Å². The van der Waals surface area contributed by atoms with Gasteiger partial charge in [0.2, 0.25) is 0 Å². The third-order valence-electron chi connectivity index (χ3n) is 2.30. The second-order valence-corrected chi connectivity index (χ2v) is 4.63. The summed E-state index contributed by atoms with van der Waals surface area (Å²) >= 11 is 3.38. The highest BCUT2D eigenvalue weighted by Crippen LogP contribution is 2.28. The van der Waals surface area contributed by atoms with Crippen molar-refractivity contribution in [1.29, 1.82) is 0 Å². The molecule has 2 atom stereocenters. The second-order valence-electron chi connectivity index (χ2n) is 3.72. The molecule has 1 aromatic rings. The van der Waals surface area contributed by atoms with Gasteiger partial charge in [-0.1, -0.05) is 22.0 Å². The molecule has 3 nitrogen and oxygen atoms in total. The second kappa shape index (κ2) is 6.23. The highest BCUT2D eigenvalue weighted by atomic mass is 79.9. The van der Waals surface area contributed by atoms with Crippen molar-refractivity contribution in [2.45, 2.75) is 26.1 Å². The van der Waals surface area contributed by atoms with Crippen LogP contribution in [-0.4, -0.2) is 24.9 Å². The Morgan fingerprint density at radius 2 is 2.06 bits per heavy atom. The Labute approximate surface area is 105 Å². The molecule has 0 aliphatic rings. The van der Waals surface area contributed by atoms with E-state index >= 15 is 0 Å². The van der Waals surface area contributed by atoms with E-state index in [4.69, 9.17) is 9.47 Å². The van der Waals surface area contributed by atoms with Crippen LogP contribution in [0.3, 0.4) is 0 Å². The Balaban J connectivity index is 2.80. The summed E-state index contributed by atoms with van der Waals surface area (Å²) < 4.78 is 11.6.